The van der Waals surface area contributed by atoms with Gasteiger partial charge in [0.25, 0.3) is 0 Å². The minimum Gasteiger partial charge on any atom is -0.466 e. The lowest BCUT2D eigenvalue weighted by molar-refractivity contribution is -0.165. The Morgan fingerprint density at radius 3 is 2.36 bits per heavy atom. The van der Waals surface area contributed by atoms with Crippen LogP contribution in [0.2, 0.25) is 0 Å². The van der Waals surface area contributed by atoms with Gasteiger partial charge in [-0.25, -0.2) is 0 Å². The van der Waals surface area contributed by atoms with Gasteiger partial charge in [-0.05, 0) is 57.1 Å². The molecular formula is C32H32BrNO5. The van der Waals surface area contributed by atoms with E-state index in [1.165, 1.54) is 0 Å². The van der Waals surface area contributed by atoms with E-state index >= 15 is 0 Å². The maximum Gasteiger partial charge on any atom is 0.310 e. The van der Waals surface area contributed by atoms with Crippen molar-refractivity contribution < 1.29 is 24.5 Å². The fourth-order valence-electron chi connectivity index (χ4n) is 6.87. The highest BCUT2D eigenvalue weighted by Gasteiger charge is 2.68. The number of rotatable bonds is 6. The van der Waals surface area contributed by atoms with Gasteiger partial charge in [-0.3, -0.25) is 9.59 Å². The molecular weight excluding hydrogens is 558 g/mol. The smallest absolute Gasteiger partial charge is 0.310 e. The Balaban J connectivity index is 1.88. The van der Waals surface area contributed by atoms with Crippen LogP contribution in [0.15, 0.2) is 89.4 Å². The van der Waals surface area contributed by atoms with E-state index in [4.69, 9.17) is 4.74 Å². The highest BCUT2D eigenvalue weighted by atomic mass is 79.9. The molecule has 1 aliphatic heterocycles. The third-order valence-corrected chi connectivity index (χ3v) is 8.98. The molecule has 0 bridgehead atoms. The van der Waals surface area contributed by atoms with Crippen molar-refractivity contribution in [2.75, 3.05) is 18.5 Å². The minimum absolute atomic E-state index is 0.153. The number of hydrogen-bond acceptors (Lipinski definition) is 5. The van der Waals surface area contributed by atoms with Crippen LogP contribution in [-0.4, -0.2) is 41.4 Å². The van der Waals surface area contributed by atoms with Gasteiger partial charge in [0.1, 0.15) is 0 Å². The quantitative estimate of drug-likeness (QED) is 0.339. The predicted octanol–water partition coefficient (Wildman–Crippen LogP) is 5.30. The summed E-state index contributed by atoms with van der Waals surface area (Å²) in [5.74, 6) is -3.72. The molecule has 3 aromatic rings. The molecule has 2 aliphatic rings. The normalized spacial score (nSPS) is 28.2. The maximum atomic E-state index is 14.5. The lowest BCUT2D eigenvalue weighted by atomic mass is 9.47. The number of carbonyl (C=O) groups is 2. The molecule has 1 fully saturated rings. The molecule has 39 heavy (non-hydrogen) atoms. The number of aliphatic hydroxyl groups excluding tert-OH is 2. The van der Waals surface area contributed by atoms with E-state index in [9.17, 15) is 19.8 Å². The van der Waals surface area contributed by atoms with Crippen LogP contribution < -0.4 is 5.32 Å². The van der Waals surface area contributed by atoms with Gasteiger partial charge in [-0.2, -0.15) is 0 Å². The lowest BCUT2D eigenvalue weighted by Crippen LogP contribution is -2.62. The molecule has 1 amide bonds. The number of aliphatic hydroxyl groups is 2. The molecule has 202 valence electrons. The second-order valence-corrected chi connectivity index (χ2v) is 11.0. The van der Waals surface area contributed by atoms with Crippen molar-refractivity contribution in [1.82, 2.24) is 0 Å². The van der Waals surface area contributed by atoms with Crippen LogP contribution in [0.5, 0.6) is 0 Å². The van der Waals surface area contributed by atoms with Crippen molar-refractivity contribution in [1.29, 1.82) is 0 Å². The monoisotopic (exact) mass is 589 g/mol. The number of ether oxygens (including phenoxy) is 1. The number of nitrogens with one attached hydrogen (secondary N) is 1. The first-order valence-corrected chi connectivity index (χ1v) is 14.0. The average Bonchev–Trinajstić information content (AvgIpc) is 3.23. The Hall–Kier alpha value is -3.26. The number of fused-ring (bicyclic) bond motifs is 2. The molecule has 3 N–H and O–H groups in total. The molecule has 1 heterocycles. The Morgan fingerprint density at radius 2 is 1.72 bits per heavy atom. The number of anilines is 1. The van der Waals surface area contributed by atoms with Gasteiger partial charge in [-0.15, -0.1) is 0 Å². The number of halogens is 1. The van der Waals surface area contributed by atoms with Gasteiger partial charge in [-0.1, -0.05) is 85.8 Å². The van der Waals surface area contributed by atoms with Crippen molar-refractivity contribution >= 4 is 39.1 Å². The third kappa shape index (κ3) is 4.33. The number of para-hydroxylation sites is 1. The van der Waals surface area contributed by atoms with Crippen molar-refractivity contribution in [2.24, 2.45) is 17.8 Å². The zero-order chi connectivity index (χ0) is 27.7. The topological polar surface area (TPSA) is 95.9 Å². The fraction of sp³-hybridized carbons (Fsp3) is 0.312. The second-order valence-electron chi connectivity index (χ2n) is 10.2. The average molecular weight is 591 g/mol. The van der Waals surface area contributed by atoms with Crippen molar-refractivity contribution in [3.63, 3.8) is 0 Å². The highest BCUT2D eigenvalue weighted by Crippen LogP contribution is 2.63. The first-order valence-electron chi connectivity index (χ1n) is 13.2. The summed E-state index contributed by atoms with van der Waals surface area (Å²) in [4.78, 5) is 28.3. The molecule has 1 aliphatic carbocycles. The molecule has 7 heteroatoms. The summed E-state index contributed by atoms with van der Waals surface area (Å²) in [7, 11) is 0. The van der Waals surface area contributed by atoms with Gasteiger partial charge >= 0.3 is 5.97 Å². The molecule has 0 aromatic heterocycles. The molecule has 5 rings (SSSR count). The van der Waals surface area contributed by atoms with Crippen LogP contribution in [0.25, 0.3) is 5.57 Å². The number of esters is 1. The predicted molar refractivity (Wildman–Crippen MR) is 154 cm³/mol. The molecule has 1 spiro atoms. The Bertz CT molecular complexity index is 1390. The number of hydrogen-bond donors (Lipinski definition) is 3. The van der Waals surface area contributed by atoms with Crippen LogP contribution in [0.4, 0.5) is 5.69 Å². The molecule has 3 aromatic carbocycles. The Labute approximate surface area is 236 Å². The third-order valence-electron chi connectivity index (χ3n) is 8.32. The molecule has 1 saturated carbocycles. The molecule has 6 atom stereocenters. The van der Waals surface area contributed by atoms with Gasteiger partial charge in [0.15, 0.2) is 0 Å². The zero-order valence-corrected chi connectivity index (χ0v) is 23.5. The standard InChI is InChI=1S/C32H32BrNO5/c1-3-39-30(37)26-19(2)29(36)25(22(17-18-35)20-11-6-4-7-12-20)27(21-13-8-5-9-14-21)32(26)23-15-10-16-24(33)28(23)34-31(32)38/h4-17,19,25-27,29,35-36H,3,18H2,1-2H3,(H,34,38)/b22-17+/t19-,25+,26+,27+,29+,32-/m1/s1. The van der Waals surface area contributed by atoms with E-state index in [1.807, 2.05) is 85.8 Å². The Kier molecular flexibility index (Phi) is 7.76. The van der Waals surface area contributed by atoms with Crippen molar-refractivity contribution in [2.45, 2.75) is 31.3 Å². The fourth-order valence-corrected chi connectivity index (χ4v) is 7.33. The minimum atomic E-state index is -1.39. The largest absolute Gasteiger partial charge is 0.466 e. The second kappa shape index (κ2) is 11.1. The number of benzene rings is 3. The summed E-state index contributed by atoms with van der Waals surface area (Å²) in [6.07, 6.45) is 0.691. The first-order chi connectivity index (χ1) is 18.9. The maximum absolute atomic E-state index is 14.5. The van der Waals surface area contributed by atoms with Crippen LogP contribution in [0.3, 0.4) is 0 Å². The van der Waals surface area contributed by atoms with Crippen LogP contribution in [0, 0.1) is 17.8 Å². The highest BCUT2D eigenvalue weighted by molar-refractivity contribution is 9.10. The summed E-state index contributed by atoms with van der Waals surface area (Å²) in [5, 5.41) is 25.3. The van der Waals surface area contributed by atoms with E-state index in [0.717, 1.165) is 16.7 Å². The van der Waals surface area contributed by atoms with Crippen LogP contribution in [0.1, 0.15) is 36.5 Å². The van der Waals surface area contributed by atoms with E-state index in [-0.39, 0.29) is 19.1 Å². The van der Waals surface area contributed by atoms with Gasteiger partial charge < -0.3 is 20.3 Å². The number of amides is 1. The van der Waals surface area contributed by atoms with E-state index in [0.29, 0.717) is 15.7 Å². The summed E-state index contributed by atoms with van der Waals surface area (Å²) in [5.41, 5.74) is 2.29. The van der Waals surface area contributed by atoms with Crippen LogP contribution >= 0.6 is 15.9 Å². The van der Waals surface area contributed by atoms with Gasteiger partial charge in [0.2, 0.25) is 5.91 Å². The summed E-state index contributed by atoms with van der Waals surface area (Å²) in [6.45, 7) is 3.46. The molecule has 0 saturated heterocycles. The van der Waals surface area contributed by atoms with Gasteiger partial charge in [0, 0.05) is 16.3 Å². The van der Waals surface area contributed by atoms with Crippen LogP contribution in [-0.2, 0) is 19.7 Å². The van der Waals surface area contributed by atoms with Crippen molar-refractivity contribution in [3.05, 3.63) is 106 Å². The molecule has 0 unspecified atom stereocenters. The Morgan fingerprint density at radius 1 is 1.05 bits per heavy atom. The summed E-state index contributed by atoms with van der Waals surface area (Å²) < 4.78 is 6.31. The summed E-state index contributed by atoms with van der Waals surface area (Å²) >= 11 is 3.60. The zero-order valence-electron chi connectivity index (χ0n) is 21.9. The summed E-state index contributed by atoms with van der Waals surface area (Å²) in [6, 6.07) is 24.8. The van der Waals surface area contributed by atoms with Crippen molar-refractivity contribution in [3.8, 4) is 0 Å². The van der Waals surface area contributed by atoms with E-state index in [1.54, 1.807) is 13.0 Å². The molecule has 0 radical (unpaired) electrons. The van der Waals surface area contributed by atoms with E-state index in [2.05, 4.69) is 21.2 Å². The van der Waals surface area contributed by atoms with E-state index < -0.39 is 41.2 Å². The first kappa shape index (κ1) is 27.3. The number of carbonyl (C=O) groups excluding carboxylic acids is 2. The van der Waals surface area contributed by atoms with Gasteiger partial charge in [0.05, 0.1) is 36.3 Å². The SMILES string of the molecule is CCOC(=O)[C@@H]1[C@@H](C)[C@H](O)[C@@H](/C(=C/CO)c2ccccc2)[C@H](c2ccccc2)[C@]12C(=O)Nc1c(Br)cccc12. The molecule has 6 nitrogen and oxygen atoms in total. The lowest BCUT2D eigenvalue weighted by Gasteiger charge is -2.54.